The molecule has 5 rings (SSSR count). The molecule has 0 spiro atoms. The Kier molecular flexibility index (Phi) is 6.93. The molecule has 2 heterocycles. The molecule has 8 nitrogen and oxygen atoms in total. The second-order valence-electron chi connectivity index (χ2n) is 10.1. The lowest BCUT2D eigenvalue weighted by Gasteiger charge is -2.29. The van der Waals surface area contributed by atoms with E-state index in [1.54, 1.807) is 35.4 Å². The number of likely N-dealkylation sites (tertiary alicyclic amines) is 1. The molecule has 1 aliphatic carbocycles. The standard InChI is InChI=1S/C28H26BrF2N5O3/c1-14(2)24(35-27(38)39-4)26(37)36-13-17(32-3)11-23(36)25-33-12-22(34-25)15-5-7-18-19-8-6-16(29)10-21(19)28(30,31)20(18)9-15/h5-10,12,14,17,23-24H,11,13H2,1-2,4H3,(H,33,34)(H,35,38)/t17-,23-,24-/m0/s1. The Morgan fingerprint density at radius 2 is 1.92 bits per heavy atom. The number of alkyl carbamates (subject to hydrolysis) is 1. The Morgan fingerprint density at radius 1 is 1.23 bits per heavy atom. The van der Waals surface area contributed by atoms with Gasteiger partial charge < -0.3 is 24.8 Å². The summed E-state index contributed by atoms with van der Waals surface area (Å²) in [5.74, 6) is -3.27. The molecule has 202 valence electrons. The first-order valence-electron chi connectivity index (χ1n) is 12.4. The number of aromatic amines is 1. The van der Waals surface area contributed by atoms with Crippen LogP contribution in [0, 0.1) is 12.5 Å². The van der Waals surface area contributed by atoms with Crippen LogP contribution in [0.3, 0.4) is 0 Å². The quantitative estimate of drug-likeness (QED) is 0.358. The van der Waals surface area contributed by atoms with Crippen molar-refractivity contribution in [2.75, 3.05) is 13.7 Å². The SMILES string of the molecule is [C-]#[N+][C@H]1C[C@@H](c2ncc(-c3ccc4c(c3)C(F)(F)c3cc(Br)ccc3-4)[nH]2)N(C(=O)[C@@H](NC(=O)OC)C(C)C)C1. The van der Waals surface area contributed by atoms with Gasteiger partial charge in [-0.05, 0) is 35.2 Å². The molecule has 2 aromatic carbocycles. The van der Waals surface area contributed by atoms with E-state index in [-0.39, 0.29) is 29.5 Å². The lowest BCUT2D eigenvalue weighted by molar-refractivity contribution is -0.135. The van der Waals surface area contributed by atoms with E-state index < -0.39 is 30.1 Å². The number of rotatable bonds is 5. The number of H-pyrrole nitrogens is 1. The highest BCUT2D eigenvalue weighted by Gasteiger charge is 2.46. The van der Waals surface area contributed by atoms with Crippen LogP contribution >= 0.6 is 15.9 Å². The molecule has 0 saturated carbocycles. The van der Waals surface area contributed by atoms with Crippen molar-refractivity contribution in [3.05, 3.63) is 75.4 Å². The first-order valence-corrected chi connectivity index (χ1v) is 13.2. The molecule has 2 amide bonds. The van der Waals surface area contributed by atoms with Crippen LogP contribution in [0.4, 0.5) is 13.6 Å². The van der Waals surface area contributed by atoms with E-state index in [0.717, 1.165) is 0 Å². The Balaban J connectivity index is 1.45. The predicted molar refractivity (Wildman–Crippen MR) is 144 cm³/mol. The monoisotopic (exact) mass is 597 g/mol. The van der Waals surface area contributed by atoms with Gasteiger partial charge in [0, 0.05) is 21.2 Å². The minimum atomic E-state index is -3.15. The third-order valence-corrected chi connectivity index (χ3v) is 7.82. The number of benzene rings is 2. The molecule has 3 atom stereocenters. The fourth-order valence-corrected chi connectivity index (χ4v) is 5.66. The summed E-state index contributed by atoms with van der Waals surface area (Å²) in [7, 11) is 1.22. The molecule has 0 radical (unpaired) electrons. The van der Waals surface area contributed by atoms with Gasteiger partial charge in [-0.3, -0.25) is 4.79 Å². The smallest absolute Gasteiger partial charge is 0.407 e. The number of nitrogens with one attached hydrogen (secondary N) is 2. The second-order valence-corrected chi connectivity index (χ2v) is 11.0. The van der Waals surface area contributed by atoms with E-state index in [4.69, 9.17) is 6.57 Å². The topological polar surface area (TPSA) is 91.7 Å². The number of ether oxygens (including phenoxy) is 1. The van der Waals surface area contributed by atoms with Crippen LogP contribution in [0.15, 0.2) is 47.1 Å². The van der Waals surface area contributed by atoms with E-state index in [1.165, 1.54) is 19.2 Å². The number of nitrogens with zero attached hydrogens (tertiary/aromatic N) is 3. The number of hydrogen-bond acceptors (Lipinski definition) is 4. The number of aromatic nitrogens is 2. The zero-order valence-electron chi connectivity index (χ0n) is 21.5. The summed E-state index contributed by atoms with van der Waals surface area (Å²) < 4.78 is 36.0. The minimum absolute atomic E-state index is 0.0418. The molecule has 1 fully saturated rings. The highest BCUT2D eigenvalue weighted by Crippen LogP contribution is 2.52. The number of hydrogen-bond donors (Lipinski definition) is 2. The van der Waals surface area contributed by atoms with Gasteiger partial charge in [0.05, 0.1) is 38.0 Å². The zero-order chi connectivity index (χ0) is 28.1. The van der Waals surface area contributed by atoms with E-state index >= 15 is 8.78 Å². The summed E-state index contributed by atoms with van der Waals surface area (Å²) in [4.78, 5) is 38.3. The number of alkyl halides is 2. The first-order chi connectivity index (χ1) is 18.5. The van der Waals surface area contributed by atoms with Gasteiger partial charge in [-0.25, -0.2) is 16.4 Å². The van der Waals surface area contributed by atoms with Gasteiger partial charge in [0.2, 0.25) is 11.9 Å². The molecule has 0 bridgehead atoms. The molecule has 39 heavy (non-hydrogen) atoms. The third-order valence-electron chi connectivity index (χ3n) is 7.33. The molecular weight excluding hydrogens is 572 g/mol. The Morgan fingerprint density at radius 3 is 2.59 bits per heavy atom. The normalized spacial score (nSPS) is 19.8. The van der Waals surface area contributed by atoms with Gasteiger partial charge >= 0.3 is 6.09 Å². The number of methoxy groups -OCH3 is 1. The summed E-state index contributed by atoms with van der Waals surface area (Å²) in [5.41, 5.74) is 1.91. The lowest BCUT2D eigenvalue weighted by Crippen LogP contribution is -2.51. The Labute approximate surface area is 232 Å². The molecule has 3 aromatic rings. The second kappa shape index (κ2) is 10.1. The maximum Gasteiger partial charge on any atom is 0.407 e. The van der Waals surface area contributed by atoms with Crippen LogP contribution in [-0.4, -0.2) is 52.6 Å². The van der Waals surface area contributed by atoms with Crippen molar-refractivity contribution >= 4 is 27.9 Å². The fourth-order valence-electron chi connectivity index (χ4n) is 5.30. The molecule has 11 heteroatoms. The number of halogens is 3. The van der Waals surface area contributed by atoms with E-state index in [9.17, 15) is 9.59 Å². The van der Waals surface area contributed by atoms with Crippen LogP contribution in [0.1, 0.15) is 43.3 Å². The number of fused-ring (bicyclic) bond motifs is 3. The lowest BCUT2D eigenvalue weighted by atomic mass is 10.0. The number of imidazole rings is 1. The van der Waals surface area contributed by atoms with Crippen LogP contribution in [0.5, 0.6) is 0 Å². The average molecular weight is 598 g/mol. The maximum atomic E-state index is 15.4. The van der Waals surface area contributed by atoms with Crippen LogP contribution < -0.4 is 5.32 Å². The molecule has 0 unspecified atom stereocenters. The van der Waals surface area contributed by atoms with Gasteiger partial charge in [-0.2, -0.15) is 8.78 Å². The van der Waals surface area contributed by atoms with Gasteiger partial charge in [0.15, 0.2) is 0 Å². The summed E-state index contributed by atoms with van der Waals surface area (Å²) >= 11 is 3.28. The van der Waals surface area contributed by atoms with Crippen molar-refractivity contribution < 1.29 is 23.1 Å². The van der Waals surface area contributed by atoms with Gasteiger partial charge in [-0.15, -0.1) is 0 Å². The summed E-state index contributed by atoms with van der Waals surface area (Å²) in [6.45, 7) is 11.3. The fraction of sp³-hybridized carbons (Fsp3) is 0.357. The predicted octanol–water partition coefficient (Wildman–Crippen LogP) is 5.90. The number of carbonyl (C=O) groups is 2. The summed E-state index contributed by atoms with van der Waals surface area (Å²) in [6, 6.07) is 7.97. The van der Waals surface area contributed by atoms with Gasteiger partial charge in [0.25, 0.3) is 5.92 Å². The molecule has 1 aromatic heterocycles. The first kappa shape index (κ1) is 26.8. The van der Waals surface area contributed by atoms with Gasteiger partial charge in [-0.1, -0.05) is 48.0 Å². The largest absolute Gasteiger partial charge is 0.453 e. The summed E-state index contributed by atoms with van der Waals surface area (Å²) in [6.07, 6.45) is 1.19. The Bertz CT molecular complexity index is 1500. The highest BCUT2D eigenvalue weighted by atomic mass is 79.9. The molecule has 2 aliphatic rings. The number of amides is 2. The van der Waals surface area contributed by atoms with Crippen molar-refractivity contribution in [2.45, 2.75) is 44.3 Å². The van der Waals surface area contributed by atoms with Crippen molar-refractivity contribution in [3.8, 4) is 22.4 Å². The molecule has 1 saturated heterocycles. The van der Waals surface area contributed by atoms with Crippen LogP contribution in [-0.2, 0) is 15.5 Å². The van der Waals surface area contributed by atoms with E-state index in [2.05, 4.69) is 40.8 Å². The van der Waals surface area contributed by atoms with E-state index in [0.29, 0.717) is 39.1 Å². The molecule has 1 aliphatic heterocycles. The van der Waals surface area contributed by atoms with Crippen molar-refractivity contribution in [3.63, 3.8) is 0 Å². The maximum absolute atomic E-state index is 15.4. The van der Waals surface area contributed by atoms with Crippen molar-refractivity contribution in [2.24, 2.45) is 5.92 Å². The molecular formula is C28H26BrF2N5O3. The number of carbonyl (C=O) groups excluding carboxylic acids is 2. The Hall–Kier alpha value is -3.78. The van der Waals surface area contributed by atoms with Gasteiger partial charge in [0.1, 0.15) is 11.9 Å². The molecule has 2 N–H and O–H groups in total. The van der Waals surface area contributed by atoms with Crippen LogP contribution in [0.2, 0.25) is 0 Å². The van der Waals surface area contributed by atoms with E-state index in [1.807, 2.05) is 13.8 Å². The third kappa shape index (κ3) is 4.67. The minimum Gasteiger partial charge on any atom is -0.453 e. The van der Waals surface area contributed by atoms with Crippen LogP contribution in [0.25, 0.3) is 27.2 Å². The highest BCUT2D eigenvalue weighted by molar-refractivity contribution is 9.10. The summed E-state index contributed by atoms with van der Waals surface area (Å²) in [5, 5.41) is 2.59. The zero-order valence-corrected chi connectivity index (χ0v) is 23.1. The van der Waals surface area contributed by atoms with Crippen molar-refractivity contribution in [1.82, 2.24) is 20.2 Å². The average Bonchev–Trinajstić information content (AvgIpc) is 3.62. The van der Waals surface area contributed by atoms with Crippen molar-refractivity contribution in [1.29, 1.82) is 0 Å².